The van der Waals surface area contributed by atoms with Gasteiger partial charge in [-0.25, -0.2) is 31.3 Å². The van der Waals surface area contributed by atoms with Gasteiger partial charge in [-0.05, 0) is 36.4 Å². The van der Waals surface area contributed by atoms with E-state index < -0.39 is 53.4 Å². The number of pyridine rings is 1. The van der Waals surface area contributed by atoms with Gasteiger partial charge in [0.25, 0.3) is 0 Å². The molecule has 0 fully saturated rings. The molecule has 26 heavy (non-hydrogen) atoms. The number of hydrogen-bond acceptors (Lipinski definition) is 1. The molecule has 1 aromatic heterocycles. The normalized spacial score (nSPS) is 11.2. The minimum absolute atomic E-state index is 0.00214. The van der Waals surface area contributed by atoms with E-state index in [4.69, 9.17) is 11.6 Å². The molecule has 0 atom stereocenters. The fraction of sp³-hybridized carbons (Fsp3) is 0. The molecule has 3 rings (SSSR count). The minimum Gasteiger partial charge on any atom is -0.236 e. The molecule has 3 aromatic rings. The fourth-order valence-corrected chi connectivity index (χ4v) is 4.73. The molecule has 0 N–H and O–H groups in total. The van der Waals surface area contributed by atoms with Crippen LogP contribution in [0.15, 0.2) is 42.5 Å². The van der Waals surface area contributed by atoms with Gasteiger partial charge in [-0.2, -0.15) is 0 Å². The summed E-state index contributed by atoms with van der Waals surface area (Å²) in [7, 11) is -2.32. The zero-order valence-electron chi connectivity index (χ0n) is 12.6. The largest absolute Gasteiger partial charge is 0.236 e. The first-order chi connectivity index (χ1) is 12.3. The van der Waals surface area contributed by atoms with Gasteiger partial charge in [0.15, 0.2) is 34.9 Å². The molecule has 9 heteroatoms. The Bertz CT molecular complexity index is 940. The van der Waals surface area contributed by atoms with E-state index in [0.29, 0.717) is 12.1 Å². The Morgan fingerprint density at radius 3 is 1.62 bits per heavy atom. The van der Waals surface area contributed by atoms with Gasteiger partial charge in [-0.1, -0.05) is 17.7 Å². The van der Waals surface area contributed by atoms with Crippen LogP contribution in [0, 0.1) is 34.9 Å². The summed E-state index contributed by atoms with van der Waals surface area (Å²) in [4.78, 5) is 3.94. The van der Waals surface area contributed by atoms with Crippen molar-refractivity contribution in [3.05, 3.63) is 82.5 Å². The average molecular weight is 406 g/mol. The standard InChI is InChI=1S/C17H7ClF6NP/c18-12-2-1-3-13(25-12)26(10-6-4-8(19)14(21)16(10)23)11-7-5-9(20)15(22)17(11)24/h1-7H. The van der Waals surface area contributed by atoms with Crippen LogP contribution in [0.5, 0.6) is 0 Å². The van der Waals surface area contributed by atoms with Gasteiger partial charge in [0.2, 0.25) is 0 Å². The molecule has 1 heterocycles. The van der Waals surface area contributed by atoms with Crippen molar-refractivity contribution in [2.45, 2.75) is 0 Å². The van der Waals surface area contributed by atoms with E-state index in [-0.39, 0.29) is 10.6 Å². The van der Waals surface area contributed by atoms with Crippen LogP contribution in [-0.4, -0.2) is 4.98 Å². The molecule has 0 aliphatic rings. The van der Waals surface area contributed by atoms with Gasteiger partial charge < -0.3 is 0 Å². The van der Waals surface area contributed by atoms with Crippen molar-refractivity contribution in [2.24, 2.45) is 0 Å². The molecule has 134 valence electrons. The monoisotopic (exact) mass is 405 g/mol. The van der Waals surface area contributed by atoms with E-state index in [1.165, 1.54) is 18.2 Å². The van der Waals surface area contributed by atoms with Crippen LogP contribution in [0.1, 0.15) is 0 Å². The van der Waals surface area contributed by atoms with Gasteiger partial charge in [0.1, 0.15) is 5.15 Å². The van der Waals surface area contributed by atoms with Crippen LogP contribution >= 0.6 is 19.5 Å². The molecule has 2 aromatic carbocycles. The third-order valence-electron chi connectivity index (χ3n) is 3.44. The van der Waals surface area contributed by atoms with Crippen molar-refractivity contribution < 1.29 is 26.3 Å². The topological polar surface area (TPSA) is 12.9 Å². The second-order valence-electron chi connectivity index (χ2n) is 5.04. The first-order valence-electron chi connectivity index (χ1n) is 7.01. The number of halogens is 7. The van der Waals surface area contributed by atoms with Crippen LogP contribution in [0.3, 0.4) is 0 Å². The highest BCUT2D eigenvalue weighted by Crippen LogP contribution is 2.36. The van der Waals surface area contributed by atoms with Gasteiger partial charge >= 0.3 is 0 Å². The minimum atomic E-state index is -2.32. The van der Waals surface area contributed by atoms with E-state index in [1.807, 2.05) is 0 Å². The summed E-state index contributed by atoms with van der Waals surface area (Å²) in [6, 6.07) is 7.29. The molecule has 0 saturated heterocycles. The van der Waals surface area contributed by atoms with Gasteiger partial charge in [-0.15, -0.1) is 0 Å². The lowest BCUT2D eigenvalue weighted by Gasteiger charge is -2.20. The van der Waals surface area contributed by atoms with Crippen LogP contribution in [0.25, 0.3) is 0 Å². The van der Waals surface area contributed by atoms with Crippen molar-refractivity contribution in [2.75, 3.05) is 0 Å². The third-order valence-corrected chi connectivity index (χ3v) is 6.01. The maximum atomic E-state index is 14.3. The summed E-state index contributed by atoms with van der Waals surface area (Å²) >= 11 is 5.80. The lowest BCUT2D eigenvalue weighted by Crippen LogP contribution is -2.28. The molecule has 0 spiro atoms. The Balaban J connectivity index is 2.32. The van der Waals surface area contributed by atoms with Crippen molar-refractivity contribution in [3.63, 3.8) is 0 Å². The average Bonchev–Trinajstić information content (AvgIpc) is 2.61. The predicted octanol–water partition coefficient (Wildman–Crippen LogP) is 4.33. The number of nitrogens with zero attached hydrogens (tertiary/aromatic N) is 1. The highest BCUT2D eigenvalue weighted by molar-refractivity contribution is 7.79. The molecular formula is C17H7ClF6NP. The lowest BCUT2D eigenvalue weighted by atomic mass is 10.3. The van der Waals surface area contributed by atoms with Crippen molar-refractivity contribution in [1.29, 1.82) is 0 Å². The summed E-state index contributed by atoms with van der Waals surface area (Å²) in [6.45, 7) is 0. The quantitative estimate of drug-likeness (QED) is 0.274. The van der Waals surface area contributed by atoms with E-state index in [0.717, 1.165) is 12.1 Å². The van der Waals surface area contributed by atoms with Crippen molar-refractivity contribution in [1.82, 2.24) is 4.98 Å². The fourth-order valence-electron chi connectivity index (χ4n) is 2.28. The number of benzene rings is 2. The summed E-state index contributed by atoms with van der Waals surface area (Å²) in [6.07, 6.45) is 0. The SMILES string of the molecule is Fc1ccc(P(c2cccc(Cl)n2)c2ccc(F)c(F)c2F)c(F)c1F. The molecule has 1 nitrogen and oxygen atoms in total. The summed E-state index contributed by atoms with van der Waals surface area (Å²) in [5.74, 6) is -9.54. The van der Waals surface area contributed by atoms with Crippen LogP contribution in [0.2, 0.25) is 5.15 Å². The van der Waals surface area contributed by atoms with Gasteiger partial charge in [0, 0.05) is 18.5 Å². The molecule has 0 radical (unpaired) electrons. The Labute approximate surface area is 150 Å². The summed E-state index contributed by atoms with van der Waals surface area (Å²) < 4.78 is 82.6. The Hall–Kier alpha value is -2.11. The van der Waals surface area contributed by atoms with Gasteiger partial charge in [0.05, 0.1) is 5.44 Å². The van der Waals surface area contributed by atoms with Crippen molar-refractivity contribution >= 4 is 35.6 Å². The zero-order valence-corrected chi connectivity index (χ0v) is 14.2. The number of aromatic nitrogens is 1. The van der Waals surface area contributed by atoms with E-state index in [2.05, 4.69) is 4.98 Å². The number of rotatable bonds is 3. The highest BCUT2D eigenvalue weighted by atomic mass is 35.5. The predicted molar refractivity (Wildman–Crippen MR) is 87.7 cm³/mol. The lowest BCUT2D eigenvalue weighted by molar-refractivity contribution is 0.450. The number of hydrogen-bond donors (Lipinski definition) is 0. The summed E-state index contributed by atoms with van der Waals surface area (Å²) in [5.41, 5.74) is 0.00214. The van der Waals surface area contributed by atoms with E-state index in [9.17, 15) is 26.3 Å². The van der Waals surface area contributed by atoms with Gasteiger partial charge in [-0.3, -0.25) is 0 Å². The highest BCUT2D eigenvalue weighted by Gasteiger charge is 2.29. The third kappa shape index (κ3) is 3.29. The molecule has 0 bridgehead atoms. The second kappa shape index (κ2) is 7.25. The molecular weight excluding hydrogens is 399 g/mol. The molecule has 0 amide bonds. The van der Waals surface area contributed by atoms with Crippen LogP contribution in [0.4, 0.5) is 26.3 Å². The maximum absolute atomic E-state index is 14.3. The molecule has 0 aliphatic heterocycles. The van der Waals surface area contributed by atoms with E-state index >= 15 is 0 Å². The zero-order chi connectivity index (χ0) is 19.0. The maximum Gasteiger partial charge on any atom is 0.195 e. The van der Waals surface area contributed by atoms with Crippen molar-refractivity contribution in [3.8, 4) is 0 Å². The smallest absolute Gasteiger partial charge is 0.195 e. The Morgan fingerprint density at radius 2 is 1.15 bits per heavy atom. The molecule has 0 saturated carbocycles. The van der Waals surface area contributed by atoms with Crippen LogP contribution in [-0.2, 0) is 0 Å². The first kappa shape index (κ1) is 18.7. The van der Waals surface area contributed by atoms with Crippen LogP contribution < -0.4 is 16.0 Å². The Kier molecular flexibility index (Phi) is 5.21. The molecule has 0 aliphatic carbocycles. The second-order valence-corrected chi connectivity index (χ2v) is 7.52. The summed E-state index contributed by atoms with van der Waals surface area (Å²) in [5, 5.41) is -0.918. The first-order valence-corrected chi connectivity index (χ1v) is 8.73. The molecule has 0 unspecified atom stereocenters. The van der Waals surface area contributed by atoms with E-state index in [1.54, 1.807) is 0 Å². The Morgan fingerprint density at radius 1 is 0.654 bits per heavy atom.